The molecule has 57 valence electrons. The minimum Gasteiger partial charge on any atom is -0.261 e. The van der Waals surface area contributed by atoms with E-state index in [0.717, 1.165) is 11.6 Å². The van der Waals surface area contributed by atoms with E-state index in [9.17, 15) is 0 Å². The number of rotatable bonds is 3. The predicted molar refractivity (Wildman–Crippen MR) is 45.0 cm³/mol. The van der Waals surface area contributed by atoms with Crippen molar-refractivity contribution in [2.75, 3.05) is 0 Å². The molecule has 1 radical (unpaired) electrons. The van der Waals surface area contributed by atoms with Gasteiger partial charge in [0.05, 0.1) is 0 Å². The second-order valence-corrected chi connectivity index (χ2v) is 3.14. The van der Waals surface area contributed by atoms with Gasteiger partial charge in [0.25, 0.3) is 0 Å². The number of pyridine rings is 1. The van der Waals surface area contributed by atoms with Gasteiger partial charge in [-0.1, -0.05) is 18.9 Å². The van der Waals surface area contributed by atoms with Gasteiger partial charge in [0.15, 0.2) is 0 Å². The average Bonchev–Trinajstić information content (AvgIpc) is 2.86. The molecule has 0 aromatic carbocycles. The molecule has 0 unspecified atom stereocenters. The average molecular weight is 146 g/mol. The van der Waals surface area contributed by atoms with Crippen molar-refractivity contribution in [2.24, 2.45) is 5.92 Å². The first-order valence-corrected chi connectivity index (χ1v) is 4.19. The molecular formula is C10H12N. The quantitative estimate of drug-likeness (QED) is 0.638. The first-order chi connectivity index (χ1) is 5.45. The van der Waals surface area contributed by atoms with Crippen molar-refractivity contribution in [3.05, 3.63) is 36.5 Å². The second-order valence-electron chi connectivity index (χ2n) is 3.14. The lowest BCUT2D eigenvalue weighted by Crippen LogP contribution is -1.86. The van der Waals surface area contributed by atoms with Crippen LogP contribution in [0.1, 0.15) is 25.0 Å². The highest BCUT2D eigenvalue weighted by molar-refractivity contribution is 5.13. The molecule has 11 heavy (non-hydrogen) atoms. The van der Waals surface area contributed by atoms with E-state index in [4.69, 9.17) is 0 Å². The van der Waals surface area contributed by atoms with Crippen molar-refractivity contribution in [3.8, 4) is 0 Å². The SMILES string of the molecule is [CH](CC1CC1)c1ccccn1. The van der Waals surface area contributed by atoms with Crippen LogP contribution in [-0.2, 0) is 0 Å². The molecule has 0 saturated heterocycles. The van der Waals surface area contributed by atoms with E-state index < -0.39 is 0 Å². The Kier molecular flexibility index (Phi) is 1.89. The molecule has 1 fully saturated rings. The molecule has 0 atom stereocenters. The molecule has 1 aliphatic rings. The van der Waals surface area contributed by atoms with Crippen LogP contribution in [0.2, 0.25) is 0 Å². The van der Waals surface area contributed by atoms with Gasteiger partial charge in [-0.3, -0.25) is 4.98 Å². The molecule has 1 aromatic heterocycles. The van der Waals surface area contributed by atoms with Gasteiger partial charge in [-0.05, 0) is 24.5 Å². The summed E-state index contributed by atoms with van der Waals surface area (Å²) in [6.07, 6.45) is 8.14. The Bertz CT molecular complexity index is 214. The Morgan fingerprint density at radius 2 is 2.36 bits per heavy atom. The monoisotopic (exact) mass is 146 g/mol. The minimum absolute atomic E-state index is 0.969. The van der Waals surface area contributed by atoms with Gasteiger partial charge in [0.2, 0.25) is 0 Å². The van der Waals surface area contributed by atoms with Gasteiger partial charge in [0, 0.05) is 18.3 Å². The molecule has 1 aromatic rings. The van der Waals surface area contributed by atoms with Gasteiger partial charge < -0.3 is 0 Å². The largest absolute Gasteiger partial charge is 0.261 e. The fraction of sp³-hybridized carbons (Fsp3) is 0.400. The maximum Gasteiger partial charge on any atom is 0.0441 e. The topological polar surface area (TPSA) is 12.9 Å². The molecule has 1 heteroatoms. The summed E-state index contributed by atoms with van der Waals surface area (Å²) < 4.78 is 0. The van der Waals surface area contributed by atoms with Gasteiger partial charge >= 0.3 is 0 Å². The van der Waals surface area contributed by atoms with Crippen molar-refractivity contribution in [2.45, 2.75) is 19.3 Å². The fourth-order valence-corrected chi connectivity index (χ4v) is 1.14. The second kappa shape index (κ2) is 3.04. The number of hydrogen-bond acceptors (Lipinski definition) is 1. The third kappa shape index (κ3) is 2.04. The number of nitrogens with zero attached hydrogens (tertiary/aromatic N) is 1. The summed E-state index contributed by atoms with van der Waals surface area (Å²) >= 11 is 0. The molecule has 0 spiro atoms. The third-order valence-corrected chi connectivity index (χ3v) is 2.05. The van der Waals surface area contributed by atoms with Gasteiger partial charge in [-0.2, -0.15) is 0 Å². The van der Waals surface area contributed by atoms with E-state index in [1.807, 2.05) is 18.3 Å². The summed E-state index contributed by atoms with van der Waals surface area (Å²) in [5.74, 6) is 0.969. The third-order valence-electron chi connectivity index (χ3n) is 2.05. The molecule has 1 nitrogen and oxygen atoms in total. The van der Waals surface area contributed by atoms with Crippen LogP contribution in [0, 0.1) is 12.3 Å². The van der Waals surface area contributed by atoms with Crippen molar-refractivity contribution in [1.29, 1.82) is 0 Å². The molecular weight excluding hydrogens is 134 g/mol. The molecule has 1 heterocycles. The molecule has 0 N–H and O–H groups in total. The zero-order valence-corrected chi connectivity index (χ0v) is 6.53. The van der Waals surface area contributed by atoms with Crippen molar-refractivity contribution < 1.29 is 0 Å². The molecule has 1 saturated carbocycles. The maximum absolute atomic E-state index is 4.22. The Balaban J connectivity index is 1.85. The normalized spacial score (nSPS) is 16.7. The van der Waals surface area contributed by atoms with E-state index in [1.165, 1.54) is 19.3 Å². The summed E-state index contributed by atoms with van der Waals surface area (Å²) in [6, 6.07) is 6.04. The van der Waals surface area contributed by atoms with E-state index in [0.29, 0.717) is 0 Å². The lowest BCUT2D eigenvalue weighted by molar-refractivity contribution is 0.818. The van der Waals surface area contributed by atoms with Crippen LogP contribution in [0.15, 0.2) is 24.4 Å². The highest BCUT2D eigenvalue weighted by Crippen LogP contribution is 2.33. The van der Waals surface area contributed by atoms with E-state index in [-0.39, 0.29) is 0 Å². The van der Waals surface area contributed by atoms with Crippen molar-refractivity contribution in [1.82, 2.24) is 4.98 Å². The summed E-state index contributed by atoms with van der Waals surface area (Å²) in [6.45, 7) is 0. The lowest BCUT2D eigenvalue weighted by Gasteiger charge is -1.96. The van der Waals surface area contributed by atoms with E-state index in [2.05, 4.69) is 17.5 Å². The first-order valence-electron chi connectivity index (χ1n) is 4.19. The first kappa shape index (κ1) is 6.84. The number of hydrogen-bond donors (Lipinski definition) is 0. The van der Waals surface area contributed by atoms with Crippen LogP contribution in [0.5, 0.6) is 0 Å². The summed E-state index contributed by atoms with van der Waals surface area (Å²) in [5, 5.41) is 0. The Hall–Kier alpha value is -0.850. The summed E-state index contributed by atoms with van der Waals surface area (Å²) in [4.78, 5) is 4.22. The lowest BCUT2D eigenvalue weighted by atomic mass is 10.1. The van der Waals surface area contributed by atoms with Gasteiger partial charge in [0.1, 0.15) is 0 Å². The Morgan fingerprint density at radius 1 is 1.45 bits per heavy atom. The number of aromatic nitrogens is 1. The highest BCUT2D eigenvalue weighted by atomic mass is 14.7. The van der Waals surface area contributed by atoms with Crippen LogP contribution in [-0.4, -0.2) is 4.98 Å². The van der Waals surface area contributed by atoms with Crippen LogP contribution in [0.4, 0.5) is 0 Å². The molecule has 1 aliphatic carbocycles. The molecule has 0 bridgehead atoms. The van der Waals surface area contributed by atoms with Crippen LogP contribution in [0.25, 0.3) is 0 Å². The predicted octanol–water partition coefficient (Wildman–Crippen LogP) is 2.43. The Labute approximate surface area is 67.5 Å². The Morgan fingerprint density at radius 3 is 3.00 bits per heavy atom. The van der Waals surface area contributed by atoms with Crippen LogP contribution < -0.4 is 0 Å². The maximum atomic E-state index is 4.22. The standard InChI is InChI=1S/C10H12N/c1-2-8-11-10(3-1)7-6-9-4-5-9/h1-3,7-9H,4-6H2. The van der Waals surface area contributed by atoms with Crippen molar-refractivity contribution in [3.63, 3.8) is 0 Å². The summed E-state index contributed by atoms with van der Waals surface area (Å²) in [5.41, 5.74) is 1.12. The summed E-state index contributed by atoms with van der Waals surface area (Å²) in [7, 11) is 0. The van der Waals surface area contributed by atoms with E-state index in [1.54, 1.807) is 0 Å². The van der Waals surface area contributed by atoms with Gasteiger partial charge in [-0.25, -0.2) is 0 Å². The van der Waals surface area contributed by atoms with Crippen molar-refractivity contribution >= 4 is 0 Å². The fourth-order valence-electron chi connectivity index (χ4n) is 1.14. The van der Waals surface area contributed by atoms with Crippen LogP contribution in [0.3, 0.4) is 0 Å². The van der Waals surface area contributed by atoms with Crippen LogP contribution >= 0.6 is 0 Å². The zero-order chi connectivity index (χ0) is 7.52. The zero-order valence-electron chi connectivity index (χ0n) is 6.53. The molecule has 0 amide bonds. The minimum atomic E-state index is 0.969. The van der Waals surface area contributed by atoms with Gasteiger partial charge in [-0.15, -0.1) is 0 Å². The smallest absolute Gasteiger partial charge is 0.0441 e. The van der Waals surface area contributed by atoms with E-state index >= 15 is 0 Å². The highest BCUT2D eigenvalue weighted by Gasteiger charge is 2.20. The molecule has 0 aliphatic heterocycles. The molecule has 2 rings (SSSR count).